The first-order chi connectivity index (χ1) is 18.9. The Morgan fingerprint density at radius 3 is 2.59 bits per heavy atom. The fourth-order valence-electron chi connectivity index (χ4n) is 4.59. The number of nitrogens with zero attached hydrogens (tertiary/aromatic N) is 2. The van der Waals surface area contributed by atoms with Gasteiger partial charge in [-0.15, -0.1) is 0 Å². The van der Waals surface area contributed by atoms with Gasteiger partial charge in [0.05, 0.1) is 49.2 Å². The standard InChI is InChI=1S/C28H32Cl2N4O5/c1-5-18(35)10-16-6-8-39-15-21(16)33-24-12-19-17(14-32-24)11-20(34-28(19)31-7-9-36-2)25-26(29)22(37-3)13-23(38-4)27(25)30/h5,11-14,16,21H,1,6-10,15H2,2-4H3,(H,31,34)(H,32,33)/t16-,21-/m1/s1. The Bertz CT molecular complexity index is 1330. The van der Waals surface area contributed by atoms with E-state index in [1.165, 1.54) is 20.3 Å². The third-order valence-electron chi connectivity index (χ3n) is 6.67. The maximum absolute atomic E-state index is 12.0. The van der Waals surface area contributed by atoms with Crippen LogP contribution in [0.15, 0.2) is 37.1 Å². The lowest BCUT2D eigenvalue weighted by Crippen LogP contribution is -2.39. The number of ether oxygens (including phenoxy) is 4. The summed E-state index contributed by atoms with van der Waals surface area (Å²) in [5, 5.41) is 9.11. The Labute approximate surface area is 237 Å². The van der Waals surface area contributed by atoms with Crippen molar-refractivity contribution >= 4 is 51.4 Å². The van der Waals surface area contributed by atoms with Crippen molar-refractivity contribution in [1.82, 2.24) is 9.97 Å². The molecule has 1 fully saturated rings. The summed E-state index contributed by atoms with van der Waals surface area (Å²) >= 11 is 13.4. The predicted molar refractivity (Wildman–Crippen MR) is 155 cm³/mol. The van der Waals surface area contributed by atoms with E-state index in [0.29, 0.717) is 77.2 Å². The first kappa shape index (κ1) is 28.9. The summed E-state index contributed by atoms with van der Waals surface area (Å²) in [6.45, 7) is 5.72. The Hall–Kier alpha value is -3.11. The van der Waals surface area contributed by atoms with Gasteiger partial charge in [0, 0.05) is 55.3 Å². The van der Waals surface area contributed by atoms with Crippen LogP contribution in [0.4, 0.5) is 11.6 Å². The third-order valence-corrected chi connectivity index (χ3v) is 7.42. The van der Waals surface area contributed by atoms with E-state index in [1.807, 2.05) is 12.1 Å². The molecule has 1 aliphatic rings. The Morgan fingerprint density at radius 2 is 1.92 bits per heavy atom. The molecule has 1 aromatic carbocycles. The van der Waals surface area contributed by atoms with Crippen LogP contribution in [0.2, 0.25) is 10.0 Å². The second-order valence-electron chi connectivity index (χ2n) is 9.10. The predicted octanol–water partition coefficient (Wildman–Crippen LogP) is 5.64. The van der Waals surface area contributed by atoms with Crippen molar-refractivity contribution < 1.29 is 23.7 Å². The zero-order chi connectivity index (χ0) is 27.9. The number of aromatic nitrogens is 2. The molecule has 0 aliphatic carbocycles. The SMILES string of the molecule is C=CC(=O)C[C@H]1CCOC[C@H]1Nc1cc2c(NCCOC)nc(-c3c(Cl)c(OC)cc(OC)c3Cl)cc2cn1. The van der Waals surface area contributed by atoms with E-state index in [0.717, 1.165) is 17.2 Å². The summed E-state index contributed by atoms with van der Waals surface area (Å²) < 4.78 is 21.8. The molecule has 0 saturated carbocycles. The molecule has 2 atom stereocenters. The molecule has 0 bridgehead atoms. The number of ketones is 1. The molecule has 208 valence electrons. The van der Waals surface area contributed by atoms with Crippen LogP contribution in [0, 0.1) is 5.92 Å². The van der Waals surface area contributed by atoms with Crippen LogP contribution >= 0.6 is 23.2 Å². The van der Waals surface area contributed by atoms with Gasteiger partial charge in [-0.3, -0.25) is 4.79 Å². The highest BCUT2D eigenvalue weighted by molar-refractivity contribution is 6.41. The molecule has 0 unspecified atom stereocenters. The topological polar surface area (TPSA) is 104 Å². The summed E-state index contributed by atoms with van der Waals surface area (Å²) in [6, 6.07) is 5.37. The minimum absolute atomic E-state index is 0.0213. The number of carbonyl (C=O) groups is 1. The van der Waals surface area contributed by atoms with Crippen LogP contribution in [0.3, 0.4) is 0 Å². The van der Waals surface area contributed by atoms with Gasteiger partial charge in [0.1, 0.15) is 23.1 Å². The number of rotatable bonds is 12. The van der Waals surface area contributed by atoms with Gasteiger partial charge in [0.2, 0.25) is 0 Å². The van der Waals surface area contributed by atoms with Crippen molar-refractivity contribution in [2.45, 2.75) is 18.9 Å². The molecule has 1 saturated heterocycles. The number of anilines is 2. The first-order valence-electron chi connectivity index (χ1n) is 12.5. The van der Waals surface area contributed by atoms with Gasteiger partial charge in [-0.05, 0) is 30.5 Å². The molecule has 11 heteroatoms. The number of allylic oxidation sites excluding steroid dienone is 1. The zero-order valence-electron chi connectivity index (χ0n) is 22.2. The molecule has 0 spiro atoms. The van der Waals surface area contributed by atoms with Crippen molar-refractivity contribution in [2.24, 2.45) is 5.92 Å². The van der Waals surface area contributed by atoms with E-state index >= 15 is 0 Å². The summed E-state index contributed by atoms with van der Waals surface area (Å²) in [6.07, 6.45) is 4.33. The van der Waals surface area contributed by atoms with Crippen molar-refractivity contribution in [3.8, 4) is 22.8 Å². The summed E-state index contributed by atoms with van der Waals surface area (Å²) in [4.78, 5) is 21.6. The average molecular weight is 575 g/mol. The normalized spacial score (nSPS) is 17.1. The van der Waals surface area contributed by atoms with Gasteiger partial charge >= 0.3 is 0 Å². The summed E-state index contributed by atoms with van der Waals surface area (Å²) in [5.74, 6) is 2.23. The molecule has 4 rings (SSSR count). The quantitative estimate of drug-likeness (QED) is 0.210. The van der Waals surface area contributed by atoms with E-state index in [2.05, 4.69) is 22.2 Å². The molecule has 2 N–H and O–H groups in total. The molecule has 3 heterocycles. The number of pyridine rings is 2. The van der Waals surface area contributed by atoms with Gasteiger partial charge in [-0.2, -0.15) is 0 Å². The summed E-state index contributed by atoms with van der Waals surface area (Å²) in [7, 11) is 4.69. The minimum Gasteiger partial charge on any atom is -0.495 e. The maximum Gasteiger partial charge on any atom is 0.155 e. The zero-order valence-corrected chi connectivity index (χ0v) is 23.7. The van der Waals surface area contributed by atoms with Gasteiger partial charge in [-0.1, -0.05) is 29.8 Å². The molecule has 39 heavy (non-hydrogen) atoms. The lowest BCUT2D eigenvalue weighted by molar-refractivity contribution is -0.116. The van der Waals surface area contributed by atoms with Crippen molar-refractivity contribution in [3.63, 3.8) is 0 Å². The highest BCUT2D eigenvalue weighted by atomic mass is 35.5. The molecule has 2 aromatic heterocycles. The van der Waals surface area contributed by atoms with E-state index in [-0.39, 0.29) is 17.7 Å². The number of hydrogen-bond donors (Lipinski definition) is 2. The number of fused-ring (bicyclic) bond motifs is 1. The largest absolute Gasteiger partial charge is 0.495 e. The Morgan fingerprint density at radius 1 is 1.18 bits per heavy atom. The molecular weight excluding hydrogens is 543 g/mol. The molecule has 0 radical (unpaired) electrons. The van der Waals surface area contributed by atoms with Gasteiger partial charge in [-0.25, -0.2) is 9.97 Å². The van der Waals surface area contributed by atoms with E-state index in [1.54, 1.807) is 19.4 Å². The molecule has 9 nitrogen and oxygen atoms in total. The lowest BCUT2D eigenvalue weighted by Gasteiger charge is -2.32. The third kappa shape index (κ3) is 6.55. The highest BCUT2D eigenvalue weighted by Crippen LogP contribution is 2.46. The Balaban J connectivity index is 1.76. The van der Waals surface area contributed by atoms with Crippen molar-refractivity contribution in [2.75, 3.05) is 58.3 Å². The van der Waals surface area contributed by atoms with Gasteiger partial charge in [0.15, 0.2) is 5.78 Å². The van der Waals surface area contributed by atoms with Crippen LogP contribution in [0.25, 0.3) is 22.0 Å². The molecular formula is C28H32Cl2N4O5. The van der Waals surface area contributed by atoms with Crippen LogP contribution in [-0.2, 0) is 14.3 Å². The maximum atomic E-state index is 12.0. The minimum atomic E-state index is -0.0633. The lowest BCUT2D eigenvalue weighted by atomic mass is 9.89. The summed E-state index contributed by atoms with van der Waals surface area (Å²) in [5.41, 5.74) is 1.02. The fourth-order valence-corrected chi connectivity index (χ4v) is 5.28. The fraction of sp³-hybridized carbons (Fsp3) is 0.393. The van der Waals surface area contributed by atoms with Gasteiger partial charge < -0.3 is 29.6 Å². The van der Waals surface area contributed by atoms with Crippen LogP contribution in [0.5, 0.6) is 11.5 Å². The smallest absolute Gasteiger partial charge is 0.155 e. The molecule has 3 aromatic rings. The first-order valence-corrected chi connectivity index (χ1v) is 13.3. The van der Waals surface area contributed by atoms with Crippen molar-refractivity contribution in [1.29, 1.82) is 0 Å². The van der Waals surface area contributed by atoms with Gasteiger partial charge in [0.25, 0.3) is 0 Å². The number of benzene rings is 1. The average Bonchev–Trinajstić information content (AvgIpc) is 2.94. The van der Waals surface area contributed by atoms with E-state index in [9.17, 15) is 4.79 Å². The number of halogens is 2. The van der Waals surface area contributed by atoms with Crippen LogP contribution in [-0.4, -0.2) is 69.5 Å². The monoisotopic (exact) mass is 574 g/mol. The van der Waals surface area contributed by atoms with Crippen LogP contribution in [0.1, 0.15) is 12.8 Å². The van der Waals surface area contributed by atoms with Crippen LogP contribution < -0.4 is 20.1 Å². The number of methoxy groups -OCH3 is 3. The second kappa shape index (κ2) is 13.3. The number of nitrogens with one attached hydrogen (secondary N) is 2. The van der Waals surface area contributed by atoms with E-state index in [4.69, 9.17) is 47.1 Å². The second-order valence-corrected chi connectivity index (χ2v) is 9.86. The molecule has 0 amide bonds. The highest BCUT2D eigenvalue weighted by Gasteiger charge is 2.28. The van der Waals surface area contributed by atoms with E-state index < -0.39 is 0 Å². The number of hydrogen-bond acceptors (Lipinski definition) is 9. The molecule has 1 aliphatic heterocycles. The Kier molecular flexibility index (Phi) is 9.85. The number of carbonyl (C=O) groups excluding carboxylic acids is 1. The van der Waals surface area contributed by atoms with Crippen molar-refractivity contribution in [3.05, 3.63) is 47.1 Å².